The molecule has 0 amide bonds. The minimum atomic E-state index is -0.160. The fourth-order valence-electron chi connectivity index (χ4n) is 4.18. The predicted octanol–water partition coefficient (Wildman–Crippen LogP) is 4.29. The van der Waals surface area contributed by atoms with E-state index in [0.29, 0.717) is 0 Å². The fourth-order valence-corrected chi connectivity index (χ4v) is 4.74. The Morgan fingerprint density at radius 2 is 0.900 bits per heavy atom. The molecule has 2 aliphatic heterocycles. The molecule has 2 fully saturated rings. The highest BCUT2D eigenvalue weighted by Gasteiger charge is 2.18. The first-order valence-electron chi connectivity index (χ1n) is 10.7. The van der Waals surface area contributed by atoms with E-state index >= 15 is 0 Å². The summed E-state index contributed by atoms with van der Waals surface area (Å²) in [6.07, 6.45) is 2.99. The predicted molar refractivity (Wildman–Crippen MR) is 133 cm³/mol. The lowest BCUT2D eigenvalue weighted by molar-refractivity contribution is 0.145. The number of hydrogen-bond donors (Lipinski definition) is 4. The van der Waals surface area contributed by atoms with E-state index in [2.05, 4.69) is 58.3 Å². The molecule has 2 saturated heterocycles. The lowest BCUT2D eigenvalue weighted by Gasteiger charge is -2.31. The van der Waals surface area contributed by atoms with Crippen molar-refractivity contribution in [1.29, 1.82) is 0 Å². The molecule has 0 unspecified atom stereocenters. The van der Waals surface area contributed by atoms with E-state index in [1.54, 1.807) is 0 Å². The summed E-state index contributed by atoms with van der Waals surface area (Å²) in [5, 5.41) is 19.4. The number of hydrogen-bond acceptors (Lipinski definition) is 6. The molecule has 0 aliphatic carbocycles. The Labute approximate surface area is 190 Å². The Kier molecular flexibility index (Phi) is 6.98. The van der Waals surface area contributed by atoms with Gasteiger partial charge in [0.05, 0.1) is 12.2 Å². The minimum Gasteiger partial charge on any atom is -0.393 e. The number of aliphatic hydroxyl groups is 2. The lowest BCUT2D eigenvalue weighted by Crippen LogP contribution is -2.35. The average molecular weight is 443 g/mol. The van der Waals surface area contributed by atoms with Crippen molar-refractivity contribution < 1.29 is 10.2 Å². The summed E-state index contributed by atoms with van der Waals surface area (Å²) in [6, 6.07) is 16.9. The van der Waals surface area contributed by atoms with Crippen molar-refractivity contribution in [3.63, 3.8) is 0 Å². The number of anilines is 2. The maximum atomic E-state index is 9.70. The summed E-state index contributed by atoms with van der Waals surface area (Å²) in [6.45, 7) is 3.57. The number of nitrogens with zero attached hydrogens (tertiary/aromatic N) is 2. The van der Waals surface area contributed by atoms with E-state index in [0.717, 1.165) is 72.8 Å². The second-order valence-corrected chi connectivity index (χ2v) is 9.12. The molecule has 0 bridgehead atoms. The van der Waals surface area contributed by atoms with Crippen LogP contribution in [0.3, 0.4) is 0 Å². The van der Waals surface area contributed by atoms with Crippen molar-refractivity contribution in [1.82, 2.24) is 0 Å². The quantitative estimate of drug-likeness (QED) is 0.421. The molecule has 30 heavy (non-hydrogen) atoms. The molecule has 2 aliphatic rings. The van der Waals surface area contributed by atoms with Gasteiger partial charge in [-0.25, -0.2) is 0 Å². The normalized spacial score (nSPS) is 19.7. The first-order valence-corrected chi connectivity index (χ1v) is 11.6. The number of piperidine rings is 2. The Bertz CT molecular complexity index is 794. The molecular formula is C24H30N2O2S2. The van der Waals surface area contributed by atoms with E-state index < -0.39 is 0 Å². The monoisotopic (exact) mass is 442 g/mol. The van der Waals surface area contributed by atoms with Gasteiger partial charge in [-0.2, -0.15) is 0 Å². The van der Waals surface area contributed by atoms with Crippen molar-refractivity contribution >= 4 is 46.4 Å². The third-order valence-electron chi connectivity index (χ3n) is 6.17. The van der Waals surface area contributed by atoms with Crippen LogP contribution in [-0.2, 0) is 0 Å². The largest absolute Gasteiger partial charge is 0.393 e. The van der Waals surface area contributed by atoms with Crippen LogP contribution in [0.5, 0.6) is 0 Å². The van der Waals surface area contributed by atoms with Crippen LogP contribution in [0.4, 0.5) is 11.4 Å². The van der Waals surface area contributed by atoms with Crippen molar-refractivity contribution in [2.45, 2.75) is 37.9 Å². The van der Waals surface area contributed by atoms with E-state index in [1.807, 2.05) is 0 Å². The zero-order valence-electron chi connectivity index (χ0n) is 17.1. The standard InChI is InChI=1S/C24H30N2O2S2/c27-21-9-13-25(14-10-21)19-5-1-17(2-6-19)23(29)24(30)18-3-7-20(8-4-18)26-15-11-22(28)12-16-26/h1-8,21-22,27-30H,9-16H2/b24-23-. The molecule has 0 saturated carbocycles. The second-order valence-electron chi connectivity index (χ2n) is 8.23. The van der Waals surface area contributed by atoms with Gasteiger partial charge in [0.15, 0.2) is 0 Å². The Morgan fingerprint density at radius 1 is 0.600 bits per heavy atom. The molecule has 0 spiro atoms. The van der Waals surface area contributed by atoms with E-state index in [4.69, 9.17) is 25.3 Å². The zero-order valence-corrected chi connectivity index (χ0v) is 18.9. The van der Waals surface area contributed by atoms with Crippen LogP contribution in [0.15, 0.2) is 48.5 Å². The van der Waals surface area contributed by atoms with Gasteiger partial charge >= 0.3 is 0 Å². The molecular weight excluding hydrogens is 412 g/mol. The smallest absolute Gasteiger partial charge is 0.0574 e. The number of thiol groups is 2. The van der Waals surface area contributed by atoms with Crippen LogP contribution in [0.2, 0.25) is 0 Å². The number of rotatable bonds is 4. The van der Waals surface area contributed by atoms with Crippen molar-refractivity contribution in [3.8, 4) is 0 Å². The van der Waals surface area contributed by atoms with Gasteiger partial charge in [-0.1, -0.05) is 24.3 Å². The van der Waals surface area contributed by atoms with Crippen LogP contribution < -0.4 is 9.80 Å². The summed E-state index contributed by atoms with van der Waals surface area (Å²) in [5.41, 5.74) is 4.45. The minimum absolute atomic E-state index is 0.160. The molecule has 6 heteroatoms. The molecule has 0 radical (unpaired) electrons. The molecule has 2 heterocycles. The molecule has 4 rings (SSSR count). The number of benzene rings is 2. The van der Waals surface area contributed by atoms with E-state index in [-0.39, 0.29) is 12.2 Å². The van der Waals surface area contributed by atoms with Gasteiger partial charge < -0.3 is 20.0 Å². The zero-order chi connectivity index (χ0) is 21.1. The van der Waals surface area contributed by atoms with Crippen LogP contribution in [0.25, 0.3) is 9.81 Å². The van der Waals surface area contributed by atoms with Gasteiger partial charge in [0.25, 0.3) is 0 Å². The molecule has 0 atom stereocenters. The molecule has 0 aromatic heterocycles. The Hall–Kier alpha value is -1.60. The first kappa shape index (κ1) is 21.6. The van der Waals surface area contributed by atoms with Gasteiger partial charge in [-0.05, 0) is 61.1 Å². The van der Waals surface area contributed by atoms with Crippen LogP contribution in [-0.4, -0.2) is 48.6 Å². The van der Waals surface area contributed by atoms with Gasteiger partial charge in [0.2, 0.25) is 0 Å². The summed E-state index contributed by atoms with van der Waals surface area (Å²) in [4.78, 5) is 6.34. The van der Waals surface area contributed by atoms with Gasteiger partial charge in [0, 0.05) is 47.4 Å². The van der Waals surface area contributed by atoms with Crippen molar-refractivity contribution in [3.05, 3.63) is 59.7 Å². The lowest BCUT2D eigenvalue weighted by atomic mass is 10.1. The molecule has 160 valence electrons. The first-order chi connectivity index (χ1) is 14.5. The van der Waals surface area contributed by atoms with Gasteiger partial charge in [0.1, 0.15) is 0 Å². The van der Waals surface area contributed by atoms with E-state index in [1.165, 1.54) is 11.4 Å². The third kappa shape index (κ3) is 4.99. The molecule has 2 aromatic rings. The highest BCUT2D eigenvalue weighted by Crippen LogP contribution is 2.34. The van der Waals surface area contributed by atoms with Crippen molar-refractivity contribution in [2.24, 2.45) is 0 Å². The Balaban J connectivity index is 1.46. The van der Waals surface area contributed by atoms with Crippen LogP contribution >= 0.6 is 25.3 Å². The Morgan fingerprint density at radius 3 is 1.20 bits per heavy atom. The summed E-state index contributed by atoms with van der Waals surface area (Å²) in [7, 11) is 0. The van der Waals surface area contributed by atoms with Crippen molar-refractivity contribution in [2.75, 3.05) is 36.0 Å². The highest BCUT2D eigenvalue weighted by atomic mass is 32.1. The van der Waals surface area contributed by atoms with E-state index in [9.17, 15) is 10.2 Å². The summed E-state index contributed by atoms with van der Waals surface area (Å²) in [5.74, 6) is 0. The highest BCUT2D eigenvalue weighted by molar-refractivity contribution is 7.96. The third-order valence-corrected chi connectivity index (χ3v) is 7.31. The summed E-state index contributed by atoms with van der Waals surface area (Å²) >= 11 is 9.51. The molecule has 2 N–H and O–H groups in total. The summed E-state index contributed by atoms with van der Waals surface area (Å²) < 4.78 is 0. The van der Waals surface area contributed by atoms with Gasteiger partial charge in [-0.15, -0.1) is 25.3 Å². The van der Waals surface area contributed by atoms with Crippen LogP contribution in [0, 0.1) is 0 Å². The van der Waals surface area contributed by atoms with Gasteiger partial charge in [-0.3, -0.25) is 0 Å². The maximum Gasteiger partial charge on any atom is 0.0574 e. The second kappa shape index (κ2) is 9.69. The topological polar surface area (TPSA) is 46.9 Å². The van der Waals surface area contributed by atoms with Crippen LogP contribution in [0.1, 0.15) is 36.8 Å². The molecule has 2 aromatic carbocycles. The SMILES string of the molecule is OC1CCN(c2ccc(/C(S)=C(/S)c3ccc(N4CCC(O)CC4)cc3)cc2)CC1. The fraction of sp³-hybridized carbons (Fsp3) is 0.417. The average Bonchev–Trinajstić information content (AvgIpc) is 2.79. The number of aliphatic hydroxyl groups excluding tert-OH is 2. The maximum absolute atomic E-state index is 9.70. The molecule has 4 nitrogen and oxygen atoms in total.